The van der Waals surface area contributed by atoms with E-state index in [0.29, 0.717) is 11.3 Å². The molecule has 0 aliphatic rings. The molecule has 0 saturated heterocycles. The molecule has 0 fully saturated rings. The summed E-state index contributed by atoms with van der Waals surface area (Å²) in [5, 5.41) is 10.2. The Bertz CT molecular complexity index is 511. The highest BCUT2D eigenvalue weighted by Gasteiger charge is 2.17. The molecule has 17 heavy (non-hydrogen) atoms. The van der Waals surface area contributed by atoms with E-state index in [4.69, 9.17) is 4.74 Å². The molecule has 2 aromatic rings. The van der Waals surface area contributed by atoms with Crippen LogP contribution in [0, 0.1) is 5.82 Å². The fourth-order valence-electron chi connectivity index (χ4n) is 1.76. The summed E-state index contributed by atoms with van der Waals surface area (Å²) in [6.45, 7) is 0. The number of hydrogen-bond donors (Lipinski definition) is 1. The van der Waals surface area contributed by atoms with Gasteiger partial charge in [0, 0.05) is 11.1 Å². The number of methoxy groups -OCH3 is 1. The lowest BCUT2D eigenvalue weighted by Gasteiger charge is -2.15. The highest BCUT2D eigenvalue weighted by molar-refractivity contribution is 5.40. The largest absolute Gasteiger partial charge is 0.496 e. The van der Waals surface area contributed by atoms with E-state index in [9.17, 15) is 9.50 Å². The normalized spacial score (nSPS) is 12.2. The van der Waals surface area contributed by atoms with E-state index in [-0.39, 0.29) is 5.56 Å². The van der Waals surface area contributed by atoms with Crippen LogP contribution in [0.15, 0.2) is 48.5 Å². The van der Waals surface area contributed by atoms with Crippen LogP contribution in [-0.2, 0) is 0 Å². The lowest BCUT2D eigenvalue weighted by Crippen LogP contribution is -2.04. The van der Waals surface area contributed by atoms with Gasteiger partial charge in [-0.2, -0.15) is 0 Å². The topological polar surface area (TPSA) is 29.5 Å². The predicted molar refractivity (Wildman–Crippen MR) is 63.5 cm³/mol. The van der Waals surface area contributed by atoms with E-state index >= 15 is 0 Å². The zero-order valence-corrected chi connectivity index (χ0v) is 9.43. The van der Waals surface area contributed by atoms with Gasteiger partial charge in [0.25, 0.3) is 0 Å². The third-order valence-electron chi connectivity index (χ3n) is 2.63. The fraction of sp³-hybridized carbons (Fsp3) is 0.143. The average molecular weight is 232 g/mol. The second kappa shape index (κ2) is 4.97. The van der Waals surface area contributed by atoms with Crippen LogP contribution in [0.2, 0.25) is 0 Å². The Morgan fingerprint density at radius 2 is 1.59 bits per heavy atom. The number of aliphatic hydroxyl groups excluding tert-OH is 1. The van der Waals surface area contributed by atoms with Crippen molar-refractivity contribution in [3.63, 3.8) is 0 Å². The van der Waals surface area contributed by atoms with Crippen molar-refractivity contribution in [3.8, 4) is 5.75 Å². The number of benzene rings is 2. The van der Waals surface area contributed by atoms with Gasteiger partial charge in [-0.15, -0.1) is 0 Å². The summed E-state index contributed by atoms with van der Waals surface area (Å²) >= 11 is 0. The molecule has 3 heteroatoms. The van der Waals surface area contributed by atoms with Crippen molar-refractivity contribution in [3.05, 3.63) is 65.5 Å². The van der Waals surface area contributed by atoms with E-state index in [1.54, 1.807) is 42.5 Å². The third kappa shape index (κ3) is 2.29. The number of halogens is 1. The van der Waals surface area contributed by atoms with Gasteiger partial charge >= 0.3 is 0 Å². The molecule has 1 N–H and O–H groups in total. The number of ether oxygens (including phenoxy) is 1. The fourth-order valence-corrected chi connectivity index (χ4v) is 1.76. The van der Waals surface area contributed by atoms with E-state index < -0.39 is 11.9 Å². The zero-order chi connectivity index (χ0) is 12.3. The molecule has 2 nitrogen and oxygen atoms in total. The lowest BCUT2D eigenvalue weighted by molar-refractivity contribution is 0.209. The van der Waals surface area contributed by atoms with Crippen molar-refractivity contribution >= 4 is 0 Å². The number of hydrogen-bond acceptors (Lipinski definition) is 2. The molecule has 0 bridgehead atoms. The first-order valence-electron chi connectivity index (χ1n) is 5.29. The molecule has 0 aliphatic carbocycles. The van der Waals surface area contributed by atoms with E-state index in [1.165, 1.54) is 13.2 Å². The van der Waals surface area contributed by atoms with E-state index in [0.717, 1.165) is 0 Å². The summed E-state index contributed by atoms with van der Waals surface area (Å²) in [7, 11) is 1.52. The van der Waals surface area contributed by atoms with Crippen molar-refractivity contribution in [1.82, 2.24) is 0 Å². The van der Waals surface area contributed by atoms with Crippen LogP contribution in [0.25, 0.3) is 0 Å². The molecular weight excluding hydrogens is 219 g/mol. The summed E-state index contributed by atoms with van der Waals surface area (Å²) in [6.07, 6.45) is -1.02. The van der Waals surface area contributed by atoms with Crippen LogP contribution in [0.4, 0.5) is 4.39 Å². The van der Waals surface area contributed by atoms with Gasteiger partial charge in [-0.05, 0) is 12.1 Å². The minimum absolute atomic E-state index is 0.247. The smallest absolute Gasteiger partial charge is 0.129 e. The number of rotatable bonds is 3. The molecule has 88 valence electrons. The van der Waals surface area contributed by atoms with Crippen LogP contribution in [0.5, 0.6) is 5.75 Å². The van der Waals surface area contributed by atoms with Crippen molar-refractivity contribution < 1.29 is 14.2 Å². The summed E-state index contributed by atoms with van der Waals surface area (Å²) < 4.78 is 18.7. The highest BCUT2D eigenvalue weighted by Crippen LogP contribution is 2.30. The monoisotopic (exact) mass is 232 g/mol. The first-order chi connectivity index (χ1) is 8.24. The molecule has 0 aromatic heterocycles. The van der Waals surface area contributed by atoms with Gasteiger partial charge < -0.3 is 9.84 Å². The first kappa shape index (κ1) is 11.6. The average Bonchev–Trinajstić information content (AvgIpc) is 2.38. The van der Waals surface area contributed by atoms with Crippen molar-refractivity contribution in [2.24, 2.45) is 0 Å². The van der Waals surface area contributed by atoms with Crippen molar-refractivity contribution in [1.29, 1.82) is 0 Å². The molecule has 2 rings (SSSR count). The van der Waals surface area contributed by atoms with Gasteiger partial charge in [-0.3, -0.25) is 0 Å². The quantitative estimate of drug-likeness (QED) is 0.881. The Morgan fingerprint density at radius 3 is 2.24 bits per heavy atom. The van der Waals surface area contributed by atoms with Gasteiger partial charge in [0.15, 0.2) is 0 Å². The number of aliphatic hydroxyl groups is 1. The summed E-state index contributed by atoms with van der Waals surface area (Å²) in [4.78, 5) is 0. The maximum absolute atomic E-state index is 13.6. The lowest BCUT2D eigenvalue weighted by atomic mass is 10.0. The maximum atomic E-state index is 13.6. The third-order valence-corrected chi connectivity index (χ3v) is 2.63. The molecule has 1 atom stereocenters. The predicted octanol–water partition coefficient (Wildman–Crippen LogP) is 2.92. The minimum atomic E-state index is -1.02. The molecule has 0 heterocycles. The highest BCUT2D eigenvalue weighted by atomic mass is 19.1. The standard InChI is InChI=1S/C14H13FO2/c1-17-13-9-5-3-7-11(13)14(16)10-6-2-4-8-12(10)15/h2-9,14,16H,1H3. The second-order valence-electron chi connectivity index (χ2n) is 3.67. The van der Waals surface area contributed by atoms with E-state index in [2.05, 4.69) is 0 Å². The number of para-hydroxylation sites is 1. The first-order valence-corrected chi connectivity index (χ1v) is 5.29. The van der Waals surface area contributed by atoms with Gasteiger partial charge in [0.05, 0.1) is 7.11 Å². The Hall–Kier alpha value is -1.87. The summed E-state index contributed by atoms with van der Waals surface area (Å²) in [5.74, 6) is 0.120. The van der Waals surface area contributed by atoms with Gasteiger partial charge in [-0.25, -0.2) is 4.39 Å². The summed E-state index contributed by atoms with van der Waals surface area (Å²) in [5.41, 5.74) is 0.803. The van der Waals surface area contributed by atoms with Crippen LogP contribution in [-0.4, -0.2) is 12.2 Å². The molecule has 0 saturated carbocycles. The van der Waals surface area contributed by atoms with Crippen LogP contribution in [0.1, 0.15) is 17.2 Å². The Morgan fingerprint density at radius 1 is 1.00 bits per heavy atom. The van der Waals surface area contributed by atoms with Crippen molar-refractivity contribution in [2.45, 2.75) is 6.10 Å². The van der Waals surface area contributed by atoms with Crippen molar-refractivity contribution in [2.75, 3.05) is 7.11 Å². The molecule has 0 radical (unpaired) electrons. The maximum Gasteiger partial charge on any atom is 0.129 e. The zero-order valence-electron chi connectivity index (χ0n) is 9.43. The van der Waals surface area contributed by atoms with Crippen LogP contribution < -0.4 is 4.74 Å². The molecule has 0 spiro atoms. The van der Waals surface area contributed by atoms with Crippen LogP contribution >= 0.6 is 0 Å². The minimum Gasteiger partial charge on any atom is -0.496 e. The van der Waals surface area contributed by atoms with E-state index in [1.807, 2.05) is 0 Å². The Kier molecular flexibility index (Phi) is 3.40. The molecule has 1 unspecified atom stereocenters. The van der Waals surface area contributed by atoms with Gasteiger partial charge in [0.2, 0.25) is 0 Å². The van der Waals surface area contributed by atoms with Gasteiger partial charge in [0.1, 0.15) is 17.7 Å². The Balaban J connectivity index is 2.44. The second-order valence-corrected chi connectivity index (χ2v) is 3.67. The summed E-state index contributed by atoms with van der Waals surface area (Å²) in [6, 6.07) is 13.2. The molecular formula is C14H13FO2. The molecule has 0 aliphatic heterocycles. The molecule has 0 amide bonds. The molecule has 2 aromatic carbocycles. The van der Waals surface area contributed by atoms with Gasteiger partial charge in [-0.1, -0.05) is 36.4 Å². The SMILES string of the molecule is COc1ccccc1C(O)c1ccccc1F. The van der Waals surface area contributed by atoms with Crippen LogP contribution in [0.3, 0.4) is 0 Å². The Labute approximate surface area is 99.3 Å².